The molecule has 0 fully saturated rings. The second-order valence-corrected chi connectivity index (χ2v) is 6.54. The van der Waals surface area contributed by atoms with Gasteiger partial charge >= 0.3 is 0 Å². The van der Waals surface area contributed by atoms with E-state index in [2.05, 4.69) is 24.3 Å². The zero-order valence-corrected chi connectivity index (χ0v) is 15.6. The lowest BCUT2D eigenvalue weighted by Gasteiger charge is -2.17. The Labute approximate surface area is 149 Å². The number of methoxy groups -OCH3 is 1. The van der Waals surface area contributed by atoms with E-state index < -0.39 is 0 Å². The number of carbonyl (C=O) groups excluding carboxylic acids is 1. The molecule has 0 saturated heterocycles. The minimum atomic E-state index is -0.161. The number of carbonyl (C=O) groups is 1. The molecule has 0 saturated carbocycles. The summed E-state index contributed by atoms with van der Waals surface area (Å²) in [5.41, 5.74) is 1.49. The number of hydrogen-bond acceptors (Lipinski definition) is 4. The van der Waals surface area contributed by atoms with Gasteiger partial charge in [-0.1, -0.05) is 19.9 Å². The Hall–Kier alpha value is -2.50. The number of benzene rings is 1. The standard InChI is InChI=1S/C19H27N3O3/c1-13(2)8-9-25-17-7-6-15(10-18(17)24-5)14(3)21-19(23)16-11-20-22(4)12-16/h6-7,10-14H,8-9H2,1-5H3,(H,21,23). The molecule has 25 heavy (non-hydrogen) atoms. The number of nitrogens with one attached hydrogen (secondary N) is 1. The summed E-state index contributed by atoms with van der Waals surface area (Å²) in [6.07, 6.45) is 4.23. The van der Waals surface area contributed by atoms with Crippen molar-refractivity contribution in [1.29, 1.82) is 0 Å². The van der Waals surface area contributed by atoms with Gasteiger partial charge in [-0.25, -0.2) is 0 Å². The molecular formula is C19H27N3O3. The van der Waals surface area contributed by atoms with Crippen LogP contribution in [0.4, 0.5) is 0 Å². The quantitative estimate of drug-likeness (QED) is 0.797. The Balaban J connectivity index is 2.04. The number of rotatable bonds is 8. The molecule has 136 valence electrons. The molecule has 0 spiro atoms. The van der Waals surface area contributed by atoms with Crippen molar-refractivity contribution in [2.24, 2.45) is 13.0 Å². The van der Waals surface area contributed by atoms with Gasteiger partial charge in [-0.2, -0.15) is 5.10 Å². The van der Waals surface area contributed by atoms with Crippen LogP contribution in [0, 0.1) is 5.92 Å². The van der Waals surface area contributed by atoms with Crippen molar-refractivity contribution in [3.05, 3.63) is 41.7 Å². The Morgan fingerprint density at radius 3 is 2.64 bits per heavy atom. The smallest absolute Gasteiger partial charge is 0.254 e. The van der Waals surface area contributed by atoms with Crippen LogP contribution in [0.2, 0.25) is 0 Å². The molecule has 1 aromatic carbocycles. The minimum absolute atomic E-state index is 0.156. The highest BCUT2D eigenvalue weighted by atomic mass is 16.5. The lowest BCUT2D eigenvalue weighted by atomic mass is 10.1. The second kappa shape index (κ2) is 8.55. The zero-order valence-electron chi connectivity index (χ0n) is 15.6. The Kier molecular flexibility index (Phi) is 6.44. The van der Waals surface area contributed by atoms with E-state index in [0.717, 1.165) is 17.7 Å². The van der Waals surface area contributed by atoms with Gasteiger partial charge in [0.05, 0.1) is 31.5 Å². The number of amides is 1. The highest BCUT2D eigenvalue weighted by Crippen LogP contribution is 2.30. The molecule has 1 amide bonds. The number of aryl methyl sites for hydroxylation is 1. The number of ether oxygens (including phenoxy) is 2. The van der Waals surface area contributed by atoms with Crippen molar-refractivity contribution in [1.82, 2.24) is 15.1 Å². The van der Waals surface area contributed by atoms with Crippen molar-refractivity contribution >= 4 is 5.91 Å². The third-order valence-electron chi connectivity index (χ3n) is 3.96. The molecule has 6 heteroatoms. The van der Waals surface area contributed by atoms with Crippen molar-refractivity contribution < 1.29 is 14.3 Å². The van der Waals surface area contributed by atoms with Gasteiger partial charge in [0, 0.05) is 13.2 Å². The normalized spacial score (nSPS) is 12.1. The van der Waals surface area contributed by atoms with Crippen LogP contribution in [0.1, 0.15) is 49.2 Å². The number of aromatic nitrogens is 2. The summed E-state index contributed by atoms with van der Waals surface area (Å²) in [4.78, 5) is 12.2. The van der Waals surface area contributed by atoms with Crippen molar-refractivity contribution in [3.8, 4) is 11.5 Å². The van der Waals surface area contributed by atoms with Gasteiger partial charge in [0.25, 0.3) is 5.91 Å². The van der Waals surface area contributed by atoms with E-state index >= 15 is 0 Å². The Morgan fingerprint density at radius 2 is 2.04 bits per heavy atom. The average molecular weight is 345 g/mol. The highest BCUT2D eigenvalue weighted by molar-refractivity contribution is 5.93. The number of nitrogens with zero attached hydrogens (tertiary/aromatic N) is 2. The molecule has 0 bridgehead atoms. The molecule has 1 N–H and O–H groups in total. The van der Waals surface area contributed by atoms with E-state index in [1.54, 1.807) is 31.2 Å². The fourth-order valence-corrected chi connectivity index (χ4v) is 2.38. The van der Waals surface area contributed by atoms with Gasteiger partial charge in [0.1, 0.15) is 0 Å². The van der Waals surface area contributed by atoms with Crippen LogP contribution in [0.25, 0.3) is 0 Å². The first kappa shape index (κ1) is 18.8. The summed E-state index contributed by atoms with van der Waals surface area (Å²) >= 11 is 0. The van der Waals surface area contributed by atoms with Gasteiger partial charge in [-0.3, -0.25) is 9.48 Å². The van der Waals surface area contributed by atoms with E-state index in [4.69, 9.17) is 9.47 Å². The lowest BCUT2D eigenvalue weighted by Crippen LogP contribution is -2.26. The van der Waals surface area contributed by atoms with E-state index in [0.29, 0.717) is 23.8 Å². The van der Waals surface area contributed by atoms with Crippen LogP contribution in [0.5, 0.6) is 11.5 Å². The third-order valence-corrected chi connectivity index (χ3v) is 3.96. The van der Waals surface area contributed by atoms with Crippen molar-refractivity contribution in [2.45, 2.75) is 33.2 Å². The molecule has 0 aliphatic heterocycles. The van der Waals surface area contributed by atoms with Crippen LogP contribution < -0.4 is 14.8 Å². The summed E-state index contributed by atoms with van der Waals surface area (Å²) in [7, 11) is 3.40. The summed E-state index contributed by atoms with van der Waals surface area (Å²) in [5, 5.41) is 6.98. The van der Waals surface area contributed by atoms with E-state index in [1.807, 2.05) is 25.1 Å². The first-order chi connectivity index (χ1) is 11.9. The first-order valence-corrected chi connectivity index (χ1v) is 8.51. The molecule has 1 aromatic heterocycles. The molecule has 6 nitrogen and oxygen atoms in total. The Bertz CT molecular complexity index is 710. The summed E-state index contributed by atoms with van der Waals surface area (Å²) < 4.78 is 12.8. The molecule has 0 aliphatic rings. The van der Waals surface area contributed by atoms with Crippen LogP contribution in [-0.2, 0) is 7.05 Å². The van der Waals surface area contributed by atoms with Crippen LogP contribution in [0.15, 0.2) is 30.6 Å². The topological polar surface area (TPSA) is 65.4 Å². The monoisotopic (exact) mass is 345 g/mol. The third kappa shape index (κ3) is 5.24. The highest BCUT2D eigenvalue weighted by Gasteiger charge is 2.15. The predicted molar refractivity (Wildman–Crippen MR) is 97.0 cm³/mol. The summed E-state index contributed by atoms with van der Waals surface area (Å²) in [6, 6.07) is 5.58. The van der Waals surface area contributed by atoms with Crippen LogP contribution in [-0.4, -0.2) is 29.4 Å². The summed E-state index contributed by atoms with van der Waals surface area (Å²) in [6.45, 7) is 6.91. The predicted octanol–water partition coefficient (Wildman–Crippen LogP) is 3.34. The molecule has 0 aliphatic carbocycles. The van der Waals surface area contributed by atoms with E-state index in [-0.39, 0.29) is 11.9 Å². The largest absolute Gasteiger partial charge is 0.493 e. The number of hydrogen-bond donors (Lipinski definition) is 1. The molecule has 1 unspecified atom stereocenters. The first-order valence-electron chi connectivity index (χ1n) is 8.51. The Morgan fingerprint density at radius 1 is 1.28 bits per heavy atom. The van der Waals surface area contributed by atoms with E-state index in [1.165, 1.54) is 0 Å². The second-order valence-electron chi connectivity index (χ2n) is 6.54. The van der Waals surface area contributed by atoms with E-state index in [9.17, 15) is 4.79 Å². The maximum atomic E-state index is 12.2. The molecule has 0 radical (unpaired) electrons. The fraction of sp³-hybridized carbons (Fsp3) is 0.474. The molecule has 2 rings (SSSR count). The minimum Gasteiger partial charge on any atom is -0.493 e. The van der Waals surface area contributed by atoms with Crippen molar-refractivity contribution in [3.63, 3.8) is 0 Å². The lowest BCUT2D eigenvalue weighted by molar-refractivity contribution is 0.0939. The molecule has 1 heterocycles. The van der Waals surface area contributed by atoms with Gasteiger partial charge < -0.3 is 14.8 Å². The van der Waals surface area contributed by atoms with Gasteiger partial charge in [0.15, 0.2) is 11.5 Å². The molecule has 2 aromatic rings. The van der Waals surface area contributed by atoms with Gasteiger partial charge in [0.2, 0.25) is 0 Å². The maximum Gasteiger partial charge on any atom is 0.254 e. The van der Waals surface area contributed by atoms with Crippen molar-refractivity contribution in [2.75, 3.05) is 13.7 Å². The van der Waals surface area contributed by atoms with Gasteiger partial charge in [-0.15, -0.1) is 0 Å². The average Bonchev–Trinajstić information content (AvgIpc) is 3.01. The summed E-state index contributed by atoms with van der Waals surface area (Å²) in [5.74, 6) is 1.83. The molecule has 1 atom stereocenters. The fourth-order valence-electron chi connectivity index (χ4n) is 2.38. The zero-order chi connectivity index (χ0) is 18.4. The van der Waals surface area contributed by atoms with Crippen LogP contribution >= 0.6 is 0 Å². The van der Waals surface area contributed by atoms with Crippen LogP contribution in [0.3, 0.4) is 0 Å². The maximum absolute atomic E-state index is 12.2. The molecular weight excluding hydrogens is 318 g/mol. The van der Waals surface area contributed by atoms with Gasteiger partial charge in [-0.05, 0) is 37.0 Å². The SMILES string of the molecule is COc1cc(C(C)NC(=O)c2cnn(C)c2)ccc1OCCC(C)C.